The van der Waals surface area contributed by atoms with Crippen LogP contribution in [-0.2, 0) is 14.3 Å². The van der Waals surface area contributed by atoms with E-state index in [1.165, 1.54) is 0 Å². The highest BCUT2D eigenvalue weighted by Crippen LogP contribution is 2.44. The molecule has 2 aromatic carbocycles. The monoisotopic (exact) mass is 465 g/mol. The van der Waals surface area contributed by atoms with E-state index in [0.717, 1.165) is 22.3 Å². The molecule has 0 saturated heterocycles. The fraction of sp³-hybridized carbons (Fsp3) is 0.423. The summed E-state index contributed by atoms with van der Waals surface area (Å²) in [6.45, 7) is 0.497. The van der Waals surface area contributed by atoms with Gasteiger partial charge in [0.25, 0.3) is 0 Å². The largest absolute Gasteiger partial charge is 0.481 e. The minimum Gasteiger partial charge on any atom is -0.481 e. The minimum absolute atomic E-state index is 0.0552. The van der Waals surface area contributed by atoms with E-state index in [1.807, 2.05) is 43.3 Å². The molecule has 0 spiro atoms. The number of nitrogens with zero attached hydrogens (tertiary/aromatic N) is 1. The van der Waals surface area contributed by atoms with E-state index in [0.29, 0.717) is 19.4 Å². The first-order valence-electron chi connectivity index (χ1n) is 11.6. The van der Waals surface area contributed by atoms with Gasteiger partial charge in [-0.3, -0.25) is 9.59 Å². The van der Waals surface area contributed by atoms with Crippen LogP contribution in [0.2, 0.25) is 0 Å². The van der Waals surface area contributed by atoms with Crippen LogP contribution in [0.3, 0.4) is 0 Å². The van der Waals surface area contributed by atoms with Gasteiger partial charge in [0.05, 0.1) is 0 Å². The molecule has 2 aliphatic carbocycles. The second kappa shape index (κ2) is 10.3. The topological polar surface area (TPSA) is 108 Å². The molecule has 8 nitrogen and oxygen atoms in total. The van der Waals surface area contributed by atoms with Gasteiger partial charge < -0.3 is 25.4 Å². The van der Waals surface area contributed by atoms with Crippen LogP contribution in [0.15, 0.2) is 48.5 Å². The lowest BCUT2D eigenvalue weighted by molar-refractivity contribution is -0.139. The summed E-state index contributed by atoms with van der Waals surface area (Å²) in [6.07, 6.45) is 0.752. The Labute approximate surface area is 199 Å². The maximum Gasteiger partial charge on any atom is 0.407 e. The third-order valence-corrected chi connectivity index (χ3v) is 6.55. The zero-order chi connectivity index (χ0) is 24.2. The predicted molar refractivity (Wildman–Crippen MR) is 127 cm³/mol. The van der Waals surface area contributed by atoms with Crippen molar-refractivity contribution in [3.8, 4) is 11.1 Å². The van der Waals surface area contributed by atoms with Crippen LogP contribution in [0.4, 0.5) is 4.79 Å². The molecule has 0 heterocycles. The predicted octanol–water partition coefficient (Wildman–Crippen LogP) is 2.82. The van der Waals surface area contributed by atoms with Crippen molar-refractivity contribution < 1.29 is 24.2 Å². The summed E-state index contributed by atoms with van der Waals surface area (Å²) in [7, 11) is 3.65. The third kappa shape index (κ3) is 5.39. The van der Waals surface area contributed by atoms with Gasteiger partial charge in [0.2, 0.25) is 5.91 Å². The molecule has 1 atom stereocenters. The molecule has 1 fully saturated rings. The number of carboxylic acids is 1. The first kappa shape index (κ1) is 23.8. The van der Waals surface area contributed by atoms with E-state index in [1.54, 1.807) is 0 Å². The van der Waals surface area contributed by atoms with Crippen LogP contribution in [0, 0.1) is 5.92 Å². The molecule has 0 aromatic heterocycles. The zero-order valence-electron chi connectivity index (χ0n) is 19.5. The van der Waals surface area contributed by atoms with Crippen molar-refractivity contribution in [2.24, 2.45) is 5.92 Å². The van der Waals surface area contributed by atoms with Gasteiger partial charge in [-0.1, -0.05) is 48.5 Å². The van der Waals surface area contributed by atoms with Crippen LogP contribution in [0.5, 0.6) is 0 Å². The number of amides is 2. The Balaban J connectivity index is 1.34. The van der Waals surface area contributed by atoms with E-state index in [-0.39, 0.29) is 36.8 Å². The normalized spacial score (nSPS) is 19.5. The highest BCUT2D eigenvalue weighted by atomic mass is 16.5. The molecule has 0 aliphatic heterocycles. The van der Waals surface area contributed by atoms with Crippen LogP contribution >= 0.6 is 0 Å². The highest BCUT2D eigenvalue weighted by Gasteiger charge is 2.34. The Morgan fingerprint density at radius 2 is 1.62 bits per heavy atom. The average molecular weight is 466 g/mol. The number of ether oxygens (including phenoxy) is 1. The van der Waals surface area contributed by atoms with Gasteiger partial charge in [-0.05, 0) is 55.1 Å². The van der Waals surface area contributed by atoms with Gasteiger partial charge in [0.1, 0.15) is 12.6 Å². The number of carboxylic acid groups (broad SMARTS) is 1. The molecule has 2 amide bonds. The second-order valence-corrected chi connectivity index (χ2v) is 9.43. The number of nitrogens with one attached hydrogen (secondary N) is 2. The number of rotatable bonds is 9. The van der Waals surface area contributed by atoms with Gasteiger partial charge >= 0.3 is 12.1 Å². The molecule has 34 heavy (non-hydrogen) atoms. The van der Waals surface area contributed by atoms with Crippen molar-refractivity contribution in [2.75, 3.05) is 27.2 Å². The molecule has 1 saturated carbocycles. The molecule has 180 valence electrons. The van der Waals surface area contributed by atoms with Crippen molar-refractivity contribution in [3.63, 3.8) is 0 Å². The first-order valence-corrected chi connectivity index (χ1v) is 11.6. The molecule has 0 bridgehead atoms. The maximum atomic E-state index is 12.8. The van der Waals surface area contributed by atoms with Gasteiger partial charge in [0.15, 0.2) is 0 Å². The van der Waals surface area contributed by atoms with Crippen LogP contribution in [0.1, 0.15) is 36.3 Å². The quantitative estimate of drug-likeness (QED) is 0.526. The number of aliphatic carboxylic acids is 1. The van der Waals surface area contributed by atoms with E-state index in [9.17, 15) is 14.4 Å². The van der Waals surface area contributed by atoms with Gasteiger partial charge in [-0.2, -0.15) is 0 Å². The number of carbonyl (C=O) groups is 3. The summed E-state index contributed by atoms with van der Waals surface area (Å²) in [4.78, 5) is 38.1. The molecule has 2 aromatic rings. The smallest absolute Gasteiger partial charge is 0.407 e. The van der Waals surface area contributed by atoms with Crippen LogP contribution < -0.4 is 10.6 Å². The van der Waals surface area contributed by atoms with Crippen molar-refractivity contribution in [2.45, 2.75) is 37.3 Å². The fourth-order valence-electron chi connectivity index (χ4n) is 4.91. The Kier molecular flexibility index (Phi) is 7.17. The number of hydrogen-bond acceptors (Lipinski definition) is 5. The Morgan fingerprint density at radius 1 is 1.03 bits per heavy atom. The molecular weight excluding hydrogens is 434 g/mol. The summed E-state index contributed by atoms with van der Waals surface area (Å²) in [5, 5.41) is 14.5. The summed E-state index contributed by atoms with van der Waals surface area (Å²) < 4.78 is 5.59. The Morgan fingerprint density at radius 3 is 2.18 bits per heavy atom. The molecule has 0 radical (unpaired) electrons. The third-order valence-electron chi connectivity index (χ3n) is 6.55. The molecule has 8 heteroatoms. The van der Waals surface area contributed by atoms with Crippen molar-refractivity contribution >= 4 is 18.0 Å². The number of carbonyl (C=O) groups excluding carboxylic acids is 2. The lowest BCUT2D eigenvalue weighted by atomic mass is 9.78. The van der Waals surface area contributed by atoms with Crippen molar-refractivity contribution in [3.05, 3.63) is 59.7 Å². The molecular formula is C26H31N3O5. The van der Waals surface area contributed by atoms with Crippen molar-refractivity contribution in [1.82, 2.24) is 15.5 Å². The van der Waals surface area contributed by atoms with E-state index >= 15 is 0 Å². The minimum atomic E-state index is -0.822. The molecule has 2 aliphatic rings. The standard InChI is InChI=1S/C26H31N3O5/c1-29(2)14-23(25(32)27-17-11-16(12-17)13-24(30)31)28-26(33)34-15-22-20-9-5-3-7-18(20)19-8-4-6-10-21(19)22/h3-10,16-17,22-23H,11-15H2,1-2H3,(H,27,32)(H,28,33)(H,30,31)/t16?,17?,23-/m0/s1. The van der Waals surface area contributed by atoms with Gasteiger partial charge in [-0.15, -0.1) is 0 Å². The zero-order valence-corrected chi connectivity index (χ0v) is 19.5. The van der Waals surface area contributed by atoms with Gasteiger partial charge in [0, 0.05) is 24.9 Å². The molecule has 3 N–H and O–H groups in total. The van der Waals surface area contributed by atoms with E-state index in [2.05, 4.69) is 34.9 Å². The number of hydrogen-bond donors (Lipinski definition) is 3. The van der Waals surface area contributed by atoms with E-state index in [4.69, 9.17) is 9.84 Å². The Hall–Kier alpha value is -3.39. The van der Waals surface area contributed by atoms with E-state index < -0.39 is 18.1 Å². The number of alkyl carbamates (subject to hydrolysis) is 1. The first-order chi connectivity index (χ1) is 16.3. The average Bonchev–Trinajstić information content (AvgIpc) is 3.09. The van der Waals surface area contributed by atoms with Crippen LogP contribution in [-0.4, -0.2) is 67.3 Å². The SMILES string of the molecule is CN(C)C[C@H](NC(=O)OCC1c2ccccc2-c2ccccc21)C(=O)NC1CC(CC(=O)O)C1. The summed E-state index contributed by atoms with van der Waals surface area (Å²) in [6, 6.07) is 15.4. The molecule has 4 rings (SSSR count). The number of benzene rings is 2. The Bertz CT molecular complexity index is 1020. The summed E-state index contributed by atoms with van der Waals surface area (Å²) >= 11 is 0. The highest BCUT2D eigenvalue weighted by molar-refractivity contribution is 5.86. The molecule has 0 unspecified atom stereocenters. The lowest BCUT2D eigenvalue weighted by Gasteiger charge is -2.36. The maximum absolute atomic E-state index is 12.8. The summed E-state index contributed by atoms with van der Waals surface area (Å²) in [5.74, 6) is -1.08. The lowest BCUT2D eigenvalue weighted by Crippen LogP contribution is -2.56. The number of likely N-dealkylation sites (N-methyl/N-ethyl adjacent to an activating group) is 1. The van der Waals surface area contributed by atoms with Gasteiger partial charge in [-0.25, -0.2) is 4.79 Å². The summed E-state index contributed by atoms with van der Waals surface area (Å²) in [5.41, 5.74) is 4.55. The number of fused-ring (bicyclic) bond motifs is 3. The fourth-order valence-corrected chi connectivity index (χ4v) is 4.91. The van der Waals surface area contributed by atoms with Crippen molar-refractivity contribution in [1.29, 1.82) is 0 Å². The van der Waals surface area contributed by atoms with Crippen LogP contribution in [0.25, 0.3) is 11.1 Å². The second-order valence-electron chi connectivity index (χ2n) is 9.43.